The second-order valence-corrected chi connectivity index (χ2v) is 5.35. The molecule has 0 radical (unpaired) electrons. The number of carbonyl (C=O) groups is 1. The van der Waals surface area contributed by atoms with Gasteiger partial charge in [-0.3, -0.25) is 4.79 Å². The van der Waals surface area contributed by atoms with Crippen molar-refractivity contribution in [1.29, 1.82) is 5.26 Å². The van der Waals surface area contributed by atoms with Gasteiger partial charge in [0, 0.05) is 10.7 Å². The molecule has 0 saturated heterocycles. The maximum absolute atomic E-state index is 12.1. The number of nitrogens with one attached hydrogen (secondary N) is 1. The number of rotatable bonds is 5. The summed E-state index contributed by atoms with van der Waals surface area (Å²) in [7, 11) is 0. The number of pyridine rings is 1. The molecule has 0 aliphatic rings. The van der Waals surface area contributed by atoms with Crippen LogP contribution < -0.4 is 10.1 Å². The highest BCUT2D eigenvalue weighted by Gasteiger charge is 2.10. The Bertz CT molecular complexity index is 784. The lowest BCUT2D eigenvalue weighted by Crippen LogP contribution is -2.14. The Labute approximate surface area is 144 Å². The molecule has 1 aromatic heterocycles. The third-order valence-corrected chi connectivity index (χ3v) is 3.22. The third-order valence-electron chi connectivity index (χ3n) is 2.75. The molecule has 1 N–H and O–H groups in total. The predicted octanol–water partition coefficient (Wildman–Crippen LogP) is 3.99. The molecule has 1 heterocycles. The van der Waals surface area contributed by atoms with E-state index in [1.165, 1.54) is 36.5 Å². The number of carbonyl (C=O) groups excluding carboxylic acids is 1. The van der Waals surface area contributed by atoms with Crippen molar-refractivity contribution < 1.29 is 18.3 Å². The second kappa shape index (κ2) is 8.17. The van der Waals surface area contributed by atoms with Crippen molar-refractivity contribution in [3.05, 3.63) is 58.2 Å². The SMILES string of the molecule is N#C/C(=C\c1ccc(OC(F)F)cc1)C(=O)Nc1ccc(Br)cn1. The molecular weight excluding hydrogens is 384 g/mol. The van der Waals surface area contributed by atoms with E-state index in [2.05, 4.69) is 31.0 Å². The number of hydrogen-bond acceptors (Lipinski definition) is 4. The second-order valence-electron chi connectivity index (χ2n) is 4.43. The Morgan fingerprint density at radius 3 is 2.54 bits per heavy atom. The van der Waals surface area contributed by atoms with Gasteiger partial charge in [0.25, 0.3) is 5.91 Å². The van der Waals surface area contributed by atoms with E-state index < -0.39 is 12.5 Å². The van der Waals surface area contributed by atoms with E-state index in [0.717, 1.165) is 4.47 Å². The normalized spacial score (nSPS) is 11.0. The number of alkyl halides is 2. The lowest BCUT2D eigenvalue weighted by Gasteiger charge is -2.05. The molecule has 1 aromatic carbocycles. The molecule has 0 fully saturated rings. The number of benzene rings is 1. The minimum atomic E-state index is -2.91. The molecule has 1 amide bonds. The maximum atomic E-state index is 12.1. The first kappa shape index (κ1) is 17.6. The molecule has 0 unspecified atom stereocenters. The first-order valence-corrected chi connectivity index (χ1v) is 7.37. The van der Waals surface area contributed by atoms with E-state index in [1.54, 1.807) is 18.2 Å². The first-order chi connectivity index (χ1) is 11.5. The molecule has 0 atom stereocenters. The van der Waals surface area contributed by atoms with Crippen molar-refractivity contribution in [2.75, 3.05) is 5.32 Å². The van der Waals surface area contributed by atoms with Gasteiger partial charge in [0.15, 0.2) is 0 Å². The van der Waals surface area contributed by atoms with Gasteiger partial charge in [0.2, 0.25) is 0 Å². The number of anilines is 1. The lowest BCUT2D eigenvalue weighted by molar-refractivity contribution is -0.112. The minimum absolute atomic E-state index is 0.0100. The number of halogens is 3. The summed E-state index contributed by atoms with van der Waals surface area (Å²) in [5.74, 6) is -0.338. The van der Waals surface area contributed by atoms with Crippen LogP contribution in [0.3, 0.4) is 0 Å². The van der Waals surface area contributed by atoms with Crippen LogP contribution in [-0.4, -0.2) is 17.5 Å². The van der Waals surface area contributed by atoms with Crippen molar-refractivity contribution in [2.24, 2.45) is 0 Å². The summed E-state index contributed by atoms with van der Waals surface area (Å²) >= 11 is 3.22. The minimum Gasteiger partial charge on any atom is -0.435 e. The summed E-state index contributed by atoms with van der Waals surface area (Å²) in [5, 5.41) is 11.6. The molecule has 5 nitrogen and oxygen atoms in total. The van der Waals surface area contributed by atoms with E-state index in [0.29, 0.717) is 11.4 Å². The number of nitrogens with zero attached hydrogens (tertiary/aromatic N) is 2. The smallest absolute Gasteiger partial charge is 0.387 e. The molecule has 0 saturated carbocycles. The van der Waals surface area contributed by atoms with E-state index in [9.17, 15) is 13.6 Å². The standard InChI is InChI=1S/C16H10BrF2N3O2/c17-12-3-6-14(21-9-12)22-15(23)11(8-20)7-10-1-4-13(5-2-10)24-16(18)19/h1-7,9,16H,(H,21,22,23)/b11-7+. The Balaban J connectivity index is 2.11. The van der Waals surface area contributed by atoms with Crippen LogP contribution in [0.5, 0.6) is 5.75 Å². The first-order valence-electron chi connectivity index (χ1n) is 6.57. The van der Waals surface area contributed by atoms with Crippen LogP contribution in [0.15, 0.2) is 52.6 Å². The average Bonchev–Trinajstić information content (AvgIpc) is 2.55. The van der Waals surface area contributed by atoms with E-state index >= 15 is 0 Å². The van der Waals surface area contributed by atoms with Gasteiger partial charge >= 0.3 is 6.61 Å². The van der Waals surface area contributed by atoms with Crippen molar-refractivity contribution in [2.45, 2.75) is 6.61 Å². The van der Waals surface area contributed by atoms with Gasteiger partial charge in [-0.2, -0.15) is 14.0 Å². The third kappa shape index (κ3) is 5.14. The highest BCUT2D eigenvalue weighted by Crippen LogP contribution is 2.17. The van der Waals surface area contributed by atoms with Gasteiger partial charge in [0.1, 0.15) is 23.2 Å². The Hall–Kier alpha value is -2.79. The zero-order valence-corrected chi connectivity index (χ0v) is 13.6. The summed E-state index contributed by atoms with van der Waals surface area (Å²) in [4.78, 5) is 16.0. The zero-order valence-electron chi connectivity index (χ0n) is 12.0. The molecule has 2 aromatic rings. The summed E-state index contributed by atoms with van der Waals surface area (Å²) in [6.07, 6.45) is 2.84. The van der Waals surface area contributed by atoms with Gasteiger partial charge in [-0.05, 0) is 51.8 Å². The number of nitriles is 1. The predicted molar refractivity (Wildman–Crippen MR) is 87.2 cm³/mol. The van der Waals surface area contributed by atoms with Crippen LogP contribution in [-0.2, 0) is 4.79 Å². The fraction of sp³-hybridized carbons (Fsp3) is 0.0625. The Kier molecular flexibility index (Phi) is 5.98. The van der Waals surface area contributed by atoms with Crippen LogP contribution in [0.25, 0.3) is 6.08 Å². The highest BCUT2D eigenvalue weighted by molar-refractivity contribution is 9.10. The zero-order chi connectivity index (χ0) is 17.5. The Morgan fingerprint density at radius 1 is 1.29 bits per heavy atom. The summed E-state index contributed by atoms with van der Waals surface area (Å²) < 4.78 is 29.1. The van der Waals surface area contributed by atoms with Crippen molar-refractivity contribution in [3.8, 4) is 11.8 Å². The summed E-state index contributed by atoms with van der Waals surface area (Å²) in [6, 6.07) is 10.6. The maximum Gasteiger partial charge on any atom is 0.387 e. The van der Waals surface area contributed by atoms with Gasteiger partial charge in [-0.1, -0.05) is 12.1 Å². The van der Waals surface area contributed by atoms with Crippen LogP contribution in [0.1, 0.15) is 5.56 Å². The fourth-order valence-corrected chi connectivity index (χ4v) is 1.93. The van der Waals surface area contributed by atoms with Crippen molar-refractivity contribution in [3.63, 3.8) is 0 Å². The fourth-order valence-electron chi connectivity index (χ4n) is 1.69. The van der Waals surface area contributed by atoms with Gasteiger partial charge in [0.05, 0.1) is 0 Å². The van der Waals surface area contributed by atoms with Crippen molar-refractivity contribution >= 4 is 33.7 Å². The van der Waals surface area contributed by atoms with Gasteiger partial charge in [-0.25, -0.2) is 4.98 Å². The van der Waals surface area contributed by atoms with Gasteiger partial charge in [-0.15, -0.1) is 0 Å². The summed E-state index contributed by atoms with van der Waals surface area (Å²) in [5.41, 5.74) is 0.342. The number of ether oxygens (including phenoxy) is 1. The highest BCUT2D eigenvalue weighted by atomic mass is 79.9. The molecule has 0 aliphatic carbocycles. The Morgan fingerprint density at radius 2 is 2.00 bits per heavy atom. The number of hydrogen-bond donors (Lipinski definition) is 1. The van der Waals surface area contributed by atoms with E-state index in [1.807, 2.05) is 0 Å². The molecular formula is C16H10BrF2N3O2. The largest absolute Gasteiger partial charge is 0.435 e. The number of aromatic nitrogens is 1. The molecule has 122 valence electrons. The quantitative estimate of drug-likeness (QED) is 0.615. The van der Waals surface area contributed by atoms with Crippen LogP contribution in [0.4, 0.5) is 14.6 Å². The average molecular weight is 394 g/mol. The van der Waals surface area contributed by atoms with Gasteiger partial charge < -0.3 is 10.1 Å². The molecule has 0 bridgehead atoms. The van der Waals surface area contributed by atoms with Crippen LogP contribution >= 0.6 is 15.9 Å². The molecule has 0 aliphatic heterocycles. The topological polar surface area (TPSA) is 75.0 Å². The monoisotopic (exact) mass is 393 g/mol. The van der Waals surface area contributed by atoms with Crippen LogP contribution in [0, 0.1) is 11.3 Å². The number of amides is 1. The lowest BCUT2D eigenvalue weighted by atomic mass is 10.1. The van der Waals surface area contributed by atoms with Crippen molar-refractivity contribution in [1.82, 2.24) is 4.98 Å². The molecule has 8 heteroatoms. The van der Waals surface area contributed by atoms with Crippen LogP contribution in [0.2, 0.25) is 0 Å². The molecule has 2 rings (SSSR count). The van der Waals surface area contributed by atoms with E-state index in [-0.39, 0.29) is 11.3 Å². The summed E-state index contributed by atoms with van der Waals surface area (Å²) in [6.45, 7) is -2.91. The molecule has 24 heavy (non-hydrogen) atoms. The van der Waals surface area contributed by atoms with E-state index in [4.69, 9.17) is 5.26 Å². The molecule has 0 spiro atoms.